The fourth-order valence-corrected chi connectivity index (χ4v) is 1.87. The molecule has 0 amide bonds. The standard InChI is InChI=1S/C17H18N2/c1-4-12-17(3,5-2)19-18-16-11-10-14-8-6-7-9-15(14)13-16/h4-11,13H,1-2,12H2,3H3. The second-order valence-electron chi connectivity index (χ2n) is 4.79. The summed E-state index contributed by atoms with van der Waals surface area (Å²) in [6, 6.07) is 14.3. The third kappa shape index (κ3) is 3.16. The molecule has 2 nitrogen and oxygen atoms in total. The molecule has 2 aromatic rings. The number of hydrogen-bond donors (Lipinski definition) is 0. The van der Waals surface area contributed by atoms with Crippen LogP contribution in [-0.2, 0) is 0 Å². The van der Waals surface area contributed by atoms with E-state index >= 15 is 0 Å². The van der Waals surface area contributed by atoms with Gasteiger partial charge in [0.05, 0.1) is 5.69 Å². The maximum Gasteiger partial charge on any atom is 0.100 e. The Balaban J connectivity index is 2.30. The summed E-state index contributed by atoms with van der Waals surface area (Å²) in [7, 11) is 0. The van der Waals surface area contributed by atoms with Crippen LogP contribution in [0, 0.1) is 0 Å². The van der Waals surface area contributed by atoms with Crippen molar-refractivity contribution in [2.75, 3.05) is 0 Å². The highest BCUT2D eigenvalue weighted by molar-refractivity contribution is 5.84. The Morgan fingerprint density at radius 3 is 2.53 bits per heavy atom. The fourth-order valence-electron chi connectivity index (χ4n) is 1.87. The molecule has 0 saturated carbocycles. The zero-order valence-electron chi connectivity index (χ0n) is 11.2. The quantitative estimate of drug-likeness (QED) is 0.498. The predicted molar refractivity (Wildman–Crippen MR) is 81.9 cm³/mol. The molecule has 1 atom stereocenters. The first kappa shape index (κ1) is 13.2. The Hall–Kier alpha value is -2.22. The molecule has 0 fully saturated rings. The van der Waals surface area contributed by atoms with Crippen LogP contribution in [0.25, 0.3) is 10.8 Å². The highest BCUT2D eigenvalue weighted by Crippen LogP contribution is 2.24. The first-order chi connectivity index (χ1) is 9.17. The van der Waals surface area contributed by atoms with Gasteiger partial charge in [-0.25, -0.2) is 0 Å². The molecule has 0 spiro atoms. The van der Waals surface area contributed by atoms with Crippen LogP contribution in [0.15, 0.2) is 78.0 Å². The molecule has 0 radical (unpaired) electrons. The van der Waals surface area contributed by atoms with Crippen molar-refractivity contribution < 1.29 is 0 Å². The summed E-state index contributed by atoms with van der Waals surface area (Å²) in [5, 5.41) is 11.1. The molecule has 2 aromatic carbocycles. The highest BCUT2D eigenvalue weighted by Gasteiger charge is 2.16. The van der Waals surface area contributed by atoms with Gasteiger partial charge in [0.1, 0.15) is 5.54 Å². The number of benzene rings is 2. The summed E-state index contributed by atoms with van der Waals surface area (Å²) < 4.78 is 0. The maximum atomic E-state index is 4.38. The third-order valence-electron chi connectivity index (χ3n) is 3.12. The van der Waals surface area contributed by atoms with Crippen molar-refractivity contribution >= 4 is 16.5 Å². The van der Waals surface area contributed by atoms with Crippen molar-refractivity contribution in [2.24, 2.45) is 10.2 Å². The first-order valence-electron chi connectivity index (χ1n) is 6.33. The molecule has 1 unspecified atom stereocenters. The average Bonchev–Trinajstić information content (AvgIpc) is 2.45. The Labute approximate surface area is 114 Å². The minimum Gasteiger partial charge on any atom is -0.178 e. The van der Waals surface area contributed by atoms with E-state index in [1.807, 2.05) is 37.3 Å². The maximum absolute atomic E-state index is 4.38. The Morgan fingerprint density at radius 2 is 1.84 bits per heavy atom. The van der Waals surface area contributed by atoms with E-state index in [4.69, 9.17) is 0 Å². The van der Waals surface area contributed by atoms with Crippen LogP contribution in [0.5, 0.6) is 0 Å². The molecule has 0 aromatic heterocycles. The zero-order valence-corrected chi connectivity index (χ0v) is 11.2. The molecule has 19 heavy (non-hydrogen) atoms. The summed E-state index contributed by atoms with van der Waals surface area (Å²) in [5.41, 5.74) is 0.476. The highest BCUT2D eigenvalue weighted by atomic mass is 15.1. The van der Waals surface area contributed by atoms with Crippen molar-refractivity contribution in [1.29, 1.82) is 0 Å². The minimum atomic E-state index is -0.382. The van der Waals surface area contributed by atoms with Crippen LogP contribution in [0.1, 0.15) is 13.3 Å². The summed E-state index contributed by atoms with van der Waals surface area (Å²) in [5.74, 6) is 0. The van der Waals surface area contributed by atoms with E-state index in [0.717, 1.165) is 12.1 Å². The van der Waals surface area contributed by atoms with Gasteiger partial charge in [-0.15, -0.1) is 13.2 Å². The van der Waals surface area contributed by atoms with Crippen molar-refractivity contribution in [3.8, 4) is 0 Å². The van der Waals surface area contributed by atoms with E-state index in [1.54, 1.807) is 6.08 Å². The Bertz CT molecular complexity index is 628. The van der Waals surface area contributed by atoms with Crippen LogP contribution in [-0.4, -0.2) is 5.54 Å². The number of fused-ring (bicyclic) bond motifs is 1. The molecule has 0 aliphatic carbocycles. The summed E-state index contributed by atoms with van der Waals surface area (Å²) in [4.78, 5) is 0. The molecular formula is C17H18N2. The smallest absolute Gasteiger partial charge is 0.100 e. The molecule has 2 heteroatoms. The van der Waals surface area contributed by atoms with Crippen LogP contribution in [0.4, 0.5) is 5.69 Å². The lowest BCUT2D eigenvalue weighted by molar-refractivity contribution is 0.569. The van der Waals surface area contributed by atoms with Crippen LogP contribution >= 0.6 is 0 Å². The first-order valence-corrected chi connectivity index (χ1v) is 6.33. The largest absolute Gasteiger partial charge is 0.178 e. The summed E-state index contributed by atoms with van der Waals surface area (Å²) in [6.07, 6.45) is 4.37. The zero-order chi connectivity index (χ0) is 13.7. The number of azo groups is 1. The van der Waals surface area contributed by atoms with Gasteiger partial charge in [0.25, 0.3) is 0 Å². The van der Waals surface area contributed by atoms with E-state index in [9.17, 15) is 0 Å². The molecule has 0 saturated heterocycles. The number of rotatable bonds is 5. The van der Waals surface area contributed by atoms with E-state index in [2.05, 4.69) is 41.6 Å². The summed E-state index contributed by atoms with van der Waals surface area (Å²) >= 11 is 0. The second kappa shape index (κ2) is 5.61. The van der Waals surface area contributed by atoms with Crippen LogP contribution < -0.4 is 0 Å². The Kier molecular flexibility index (Phi) is 3.91. The lowest BCUT2D eigenvalue weighted by Crippen LogP contribution is -2.15. The lowest BCUT2D eigenvalue weighted by atomic mass is 10.00. The van der Waals surface area contributed by atoms with Gasteiger partial charge < -0.3 is 0 Å². The Morgan fingerprint density at radius 1 is 1.11 bits per heavy atom. The third-order valence-corrected chi connectivity index (χ3v) is 3.12. The van der Waals surface area contributed by atoms with Crippen LogP contribution in [0.3, 0.4) is 0 Å². The number of nitrogens with zero attached hydrogens (tertiary/aromatic N) is 2. The molecule has 0 aliphatic heterocycles. The molecule has 0 aliphatic rings. The SMILES string of the molecule is C=CCC(C)(C=C)N=Nc1ccc2ccccc2c1. The van der Waals surface area contributed by atoms with Crippen molar-refractivity contribution in [2.45, 2.75) is 18.9 Å². The molecule has 0 heterocycles. The van der Waals surface area contributed by atoms with Gasteiger partial charge in [-0.1, -0.05) is 42.5 Å². The van der Waals surface area contributed by atoms with E-state index in [-0.39, 0.29) is 5.54 Å². The molecule has 96 valence electrons. The lowest BCUT2D eigenvalue weighted by Gasteiger charge is -2.16. The van der Waals surface area contributed by atoms with Crippen molar-refractivity contribution in [3.63, 3.8) is 0 Å². The van der Waals surface area contributed by atoms with Crippen LogP contribution in [0.2, 0.25) is 0 Å². The number of hydrogen-bond acceptors (Lipinski definition) is 2. The van der Waals surface area contributed by atoms with Gasteiger partial charge in [0.2, 0.25) is 0 Å². The van der Waals surface area contributed by atoms with Crippen molar-refractivity contribution in [1.82, 2.24) is 0 Å². The van der Waals surface area contributed by atoms with Gasteiger partial charge in [0, 0.05) is 0 Å². The molecule has 0 bridgehead atoms. The fraction of sp³-hybridized carbons (Fsp3) is 0.176. The monoisotopic (exact) mass is 250 g/mol. The normalized spacial score (nSPS) is 14.4. The molecule has 0 N–H and O–H groups in total. The van der Waals surface area contributed by atoms with Gasteiger partial charge in [-0.3, -0.25) is 0 Å². The minimum absolute atomic E-state index is 0.382. The predicted octanol–water partition coefficient (Wildman–Crippen LogP) is 5.44. The average molecular weight is 250 g/mol. The van der Waals surface area contributed by atoms with E-state index in [0.29, 0.717) is 0 Å². The van der Waals surface area contributed by atoms with Gasteiger partial charge in [-0.2, -0.15) is 10.2 Å². The van der Waals surface area contributed by atoms with Gasteiger partial charge in [-0.05, 0) is 36.2 Å². The molecule has 2 rings (SSSR count). The summed E-state index contributed by atoms with van der Waals surface area (Å²) in [6.45, 7) is 9.54. The van der Waals surface area contributed by atoms with Gasteiger partial charge in [0.15, 0.2) is 0 Å². The van der Waals surface area contributed by atoms with E-state index in [1.165, 1.54) is 10.8 Å². The van der Waals surface area contributed by atoms with Gasteiger partial charge >= 0.3 is 0 Å². The topological polar surface area (TPSA) is 24.7 Å². The van der Waals surface area contributed by atoms with E-state index < -0.39 is 0 Å². The second-order valence-corrected chi connectivity index (χ2v) is 4.79. The molecular weight excluding hydrogens is 232 g/mol. The van der Waals surface area contributed by atoms with Crippen molar-refractivity contribution in [3.05, 3.63) is 67.8 Å².